The number of aryl methyl sites for hydroxylation is 1. The van der Waals surface area contributed by atoms with E-state index in [9.17, 15) is 0 Å². The van der Waals surface area contributed by atoms with Crippen LogP contribution in [0.25, 0.3) is 0 Å². The first-order valence-corrected chi connectivity index (χ1v) is 5.72. The highest BCUT2D eigenvalue weighted by Crippen LogP contribution is 2.26. The standard InChI is InChI=1S/C13H19NO/c1-3-15-13-8-12(9-13)14-11-6-4-5-10(2)7-11/h4-7,12-14H,3,8-9H2,1-2H3. The Labute approximate surface area is 91.6 Å². The largest absolute Gasteiger partial charge is 0.382 e. The van der Waals surface area contributed by atoms with Crippen molar-refractivity contribution in [2.24, 2.45) is 0 Å². The van der Waals surface area contributed by atoms with Crippen LogP contribution in [-0.2, 0) is 4.74 Å². The van der Waals surface area contributed by atoms with E-state index in [1.165, 1.54) is 11.3 Å². The SMILES string of the molecule is CCOC1CC(Nc2cccc(C)c2)C1. The average molecular weight is 205 g/mol. The van der Waals surface area contributed by atoms with Gasteiger partial charge in [0.1, 0.15) is 0 Å². The molecule has 2 heteroatoms. The summed E-state index contributed by atoms with van der Waals surface area (Å²) in [6.45, 7) is 5.01. The predicted molar refractivity (Wildman–Crippen MR) is 63.2 cm³/mol. The van der Waals surface area contributed by atoms with Gasteiger partial charge in [0.2, 0.25) is 0 Å². The summed E-state index contributed by atoms with van der Waals surface area (Å²) < 4.78 is 5.53. The summed E-state index contributed by atoms with van der Waals surface area (Å²) in [4.78, 5) is 0. The zero-order valence-corrected chi connectivity index (χ0v) is 9.49. The second-order valence-corrected chi connectivity index (χ2v) is 4.26. The van der Waals surface area contributed by atoms with Crippen LogP contribution in [0.15, 0.2) is 24.3 Å². The Bertz CT molecular complexity index is 318. The normalized spacial score (nSPS) is 24.7. The van der Waals surface area contributed by atoms with Gasteiger partial charge in [-0.15, -0.1) is 0 Å². The molecular weight excluding hydrogens is 186 g/mol. The van der Waals surface area contributed by atoms with Gasteiger partial charge in [-0.1, -0.05) is 12.1 Å². The summed E-state index contributed by atoms with van der Waals surface area (Å²) in [5.41, 5.74) is 2.54. The Morgan fingerprint density at radius 2 is 2.20 bits per heavy atom. The number of nitrogens with one attached hydrogen (secondary N) is 1. The molecule has 0 radical (unpaired) electrons. The van der Waals surface area contributed by atoms with Crippen molar-refractivity contribution >= 4 is 5.69 Å². The van der Waals surface area contributed by atoms with E-state index in [2.05, 4.69) is 43.4 Å². The van der Waals surface area contributed by atoms with Gasteiger partial charge in [0.15, 0.2) is 0 Å². The topological polar surface area (TPSA) is 21.3 Å². The minimum atomic E-state index is 0.484. The van der Waals surface area contributed by atoms with Gasteiger partial charge < -0.3 is 10.1 Å². The molecule has 1 aromatic carbocycles. The highest BCUT2D eigenvalue weighted by atomic mass is 16.5. The molecule has 1 saturated carbocycles. The van der Waals surface area contributed by atoms with Crippen molar-refractivity contribution in [3.8, 4) is 0 Å². The summed E-state index contributed by atoms with van der Waals surface area (Å²) in [6, 6.07) is 9.13. The van der Waals surface area contributed by atoms with E-state index in [1.807, 2.05) is 0 Å². The molecule has 0 aromatic heterocycles. The highest BCUT2D eigenvalue weighted by Gasteiger charge is 2.29. The maximum atomic E-state index is 5.53. The summed E-state index contributed by atoms with van der Waals surface area (Å²) in [5.74, 6) is 0. The van der Waals surface area contributed by atoms with E-state index >= 15 is 0 Å². The lowest BCUT2D eigenvalue weighted by Crippen LogP contribution is -2.40. The maximum Gasteiger partial charge on any atom is 0.0614 e. The minimum Gasteiger partial charge on any atom is -0.382 e. The van der Waals surface area contributed by atoms with E-state index in [-0.39, 0.29) is 0 Å². The van der Waals surface area contributed by atoms with Crippen LogP contribution >= 0.6 is 0 Å². The molecule has 0 atom stereocenters. The quantitative estimate of drug-likeness (QED) is 0.816. The lowest BCUT2D eigenvalue weighted by molar-refractivity contribution is 0.00299. The van der Waals surface area contributed by atoms with Gasteiger partial charge in [-0.05, 0) is 44.4 Å². The van der Waals surface area contributed by atoms with Crippen LogP contribution < -0.4 is 5.32 Å². The molecule has 1 aliphatic carbocycles. The van der Waals surface area contributed by atoms with Gasteiger partial charge in [0, 0.05) is 18.3 Å². The Kier molecular flexibility index (Phi) is 3.27. The van der Waals surface area contributed by atoms with Gasteiger partial charge in [0.25, 0.3) is 0 Å². The second-order valence-electron chi connectivity index (χ2n) is 4.26. The van der Waals surface area contributed by atoms with Crippen molar-refractivity contribution in [3.63, 3.8) is 0 Å². The first kappa shape index (κ1) is 10.5. The van der Waals surface area contributed by atoms with Gasteiger partial charge >= 0.3 is 0 Å². The zero-order chi connectivity index (χ0) is 10.7. The van der Waals surface area contributed by atoms with Crippen molar-refractivity contribution in [2.75, 3.05) is 11.9 Å². The fraction of sp³-hybridized carbons (Fsp3) is 0.538. The monoisotopic (exact) mass is 205 g/mol. The predicted octanol–water partition coefficient (Wildman–Crippen LogP) is 2.97. The summed E-state index contributed by atoms with van der Waals surface area (Å²) >= 11 is 0. The number of rotatable bonds is 4. The van der Waals surface area contributed by atoms with E-state index in [0.717, 1.165) is 19.4 Å². The zero-order valence-electron chi connectivity index (χ0n) is 9.49. The van der Waals surface area contributed by atoms with Gasteiger partial charge in [-0.25, -0.2) is 0 Å². The molecule has 0 bridgehead atoms. The second kappa shape index (κ2) is 4.67. The van der Waals surface area contributed by atoms with Crippen LogP contribution in [0.4, 0.5) is 5.69 Å². The third kappa shape index (κ3) is 2.72. The molecule has 0 heterocycles. The van der Waals surface area contributed by atoms with Crippen molar-refractivity contribution < 1.29 is 4.74 Å². The van der Waals surface area contributed by atoms with Crippen molar-refractivity contribution in [1.29, 1.82) is 0 Å². The molecular formula is C13H19NO. The lowest BCUT2D eigenvalue weighted by Gasteiger charge is -2.36. The van der Waals surface area contributed by atoms with E-state index in [1.54, 1.807) is 0 Å². The number of anilines is 1. The molecule has 1 aliphatic rings. The molecule has 0 unspecified atom stereocenters. The van der Waals surface area contributed by atoms with E-state index in [4.69, 9.17) is 4.74 Å². The number of ether oxygens (including phenoxy) is 1. The van der Waals surface area contributed by atoms with Crippen LogP contribution in [0.3, 0.4) is 0 Å². The summed E-state index contributed by atoms with van der Waals surface area (Å²) in [6.07, 6.45) is 2.76. The van der Waals surface area contributed by atoms with Gasteiger partial charge in [0.05, 0.1) is 6.10 Å². The summed E-state index contributed by atoms with van der Waals surface area (Å²) in [7, 11) is 0. The van der Waals surface area contributed by atoms with Crippen molar-refractivity contribution in [1.82, 2.24) is 0 Å². The van der Waals surface area contributed by atoms with E-state index < -0.39 is 0 Å². The average Bonchev–Trinajstić information content (AvgIpc) is 2.15. The smallest absolute Gasteiger partial charge is 0.0614 e. The van der Waals surface area contributed by atoms with Crippen LogP contribution in [0, 0.1) is 6.92 Å². The number of hydrogen-bond acceptors (Lipinski definition) is 2. The summed E-state index contributed by atoms with van der Waals surface area (Å²) in [5, 5.41) is 3.53. The Morgan fingerprint density at radius 3 is 2.87 bits per heavy atom. The maximum absolute atomic E-state index is 5.53. The third-order valence-electron chi connectivity index (χ3n) is 2.89. The molecule has 2 nitrogen and oxygen atoms in total. The fourth-order valence-corrected chi connectivity index (χ4v) is 2.03. The van der Waals surface area contributed by atoms with E-state index in [0.29, 0.717) is 12.1 Å². The molecule has 15 heavy (non-hydrogen) atoms. The molecule has 82 valence electrons. The molecule has 2 rings (SSSR count). The van der Waals surface area contributed by atoms with Gasteiger partial charge in [-0.2, -0.15) is 0 Å². The molecule has 1 aromatic rings. The lowest BCUT2D eigenvalue weighted by atomic mass is 9.89. The Hall–Kier alpha value is -1.02. The van der Waals surface area contributed by atoms with Crippen molar-refractivity contribution in [2.45, 2.75) is 38.8 Å². The van der Waals surface area contributed by atoms with Crippen LogP contribution in [0.5, 0.6) is 0 Å². The highest BCUT2D eigenvalue weighted by molar-refractivity contribution is 5.46. The first-order valence-electron chi connectivity index (χ1n) is 5.72. The first-order chi connectivity index (χ1) is 7.28. The minimum absolute atomic E-state index is 0.484. The number of hydrogen-bond donors (Lipinski definition) is 1. The van der Waals surface area contributed by atoms with Crippen LogP contribution in [0.2, 0.25) is 0 Å². The molecule has 0 spiro atoms. The Balaban J connectivity index is 1.80. The van der Waals surface area contributed by atoms with Crippen LogP contribution in [-0.4, -0.2) is 18.8 Å². The Morgan fingerprint density at radius 1 is 1.40 bits per heavy atom. The molecule has 0 amide bonds. The third-order valence-corrected chi connectivity index (χ3v) is 2.89. The van der Waals surface area contributed by atoms with Crippen molar-refractivity contribution in [3.05, 3.63) is 29.8 Å². The fourth-order valence-electron chi connectivity index (χ4n) is 2.03. The molecule has 1 N–H and O–H groups in total. The molecule has 0 aliphatic heterocycles. The number of benzene rings is 1. The van der Waals surface area contributed by atoms with Gasteiger partial charge in [-0.3, -0.25) is 0 Å². The molecule has 1 fully saturated rings. The van der Waals surface area contributed by atoms with Crippen LogP contribution in [0.1, 0.15) is 25.3 Å². The molecule has 0 saturated heterocycles.